The summed E-state index contributed by atoms with van der Waals surface area (Å²) < 4.78 is 0. The van der Waals surface area contributed by atoms with Crippen LogP contribution in [0, 0.1) is 5.92 Å². The Morgan fingerprint density at radius 1 is 1.19 bits per heavy atom. The van der Waals surface area contributed by atoms with E-state index in [2.05, 4.69) is 53.6 Å². The number of aromatic nitrogens is 1. The highest BCUT2D eigenvalue weighted by Crippen LogP contribution is 2.50. The number of rotatable bonds is 7. The van der Waals surface area contributed by atoms with Gasteiger partial charge in [0, 0.05) is 18.4 Å². The van der Waals surface area contributed by atoms with E-state index in [-0.39, 0.29) is 0 Å². The monoisotopic (exact) mass is 280 g/mol. The van der Waals surface area contributed by atoms with Crippen LogP contribution in [0.25, 0.3) is 0 Å². The molecule has 0 amide bonds. The molecular weight excluding hydrogens is 256 g/mol. The molecule has 1 aliphatic carbocycles. The maximum Gasteiger partial charge on any atom is 0.0299 e. The van der Waals surface area contributed by atoms with Crippen molar-refractivity contribution in [1.29, 1.82) is 0 Å². The topological polar surface area (TPSA) is 24.9 Å². The molecule has 1 aliphatic rings. The molecule has 3 atom stereocenters. The minimum Gasteiger partial charge on any atom is -0.314 e. The summed E-state index contributed by atoms with van der Waals surface area (Å²) in [4.78, 5) is 4.21. The van der Waals surface area contributed by atoms with Crippen molar-refractivity contribution in [3.8, 4) is 0 Å². The third-order valence-corrected chi connectivity index (χ3v) is 4.52. The van der Waals surface area contributed by atoms with Gasteiger partial charge >= 0.3 is 0 Å². The second-order valence-electron chi connectivity index (χ2n) is 5.98. The smallest absolute Gasteiger partial charge is 0.0299 e. The summed E-state index contributed by atoms with van der Waals surface area (Å²) >= 11 is 0. The molecule has 0 aliphatic heterocycles. The van der Waals surface area contributed by atoms with Gasteiger partial charge in [-0.25, -0.2) is 0 Å². The average Bonchev–Trinajstić information content (AvgIpc) is 3.34. The van der Waals surface area contributed by atoms with Crippen molar-refractivity contribution >= 4 is 0 Å². The van der Waals surface area contributed by atoms with Crippen molar-refractivity contribution in [1.82, 2.24) is 10.3 Å². The number of nitrogens with one attached hydrogen (secondary N) is 1. The Bertz CT molecular complexity index is 538. The van der Waals surface area contributed by atoms with Gasteiger partial charge in [-0.3, -0.25) is 4.98 Å². The molecule has 3 rings (SSSR count). The van der Waals surface area contributed by atoms with Crippen LogP contribution in [0.4, 0.5) is 0 Å². The van der Waals surface area contributed by atoms with Crippen LogP contribution in [0.15, 0.2) is 54.9 Å². The quantitative estimate of drug-likeness (QED) is 0.834. The first kappa shape index (κ1) is 14.3. The Hall–Kier alpha value is -1.67. The van der Waals surface area contributed by atoms with Crippen molar-refractivity contribution in [3.05, 3.63) is 66.0 Å². The summed E-state index contributed by atoms with van der Waals surface area (Å²) in [6.07, 6.45) is 7.48. The first-order valence-electron chi connectivity index (χ1n) is 8.05. The van der Waals surface area contributed by atoms with E-state index in [1.165, 1.54) is 24.0 Å². The Labute approximate surface area is 127 Å². The van der Waals surface area contributed by atoms with E-state index in [0.29, 0.717) is 6.04 Å². The zero-order chi connectivity index (χ0) is 14.5. The Morgan fingerprint density at radius 3 is 2.76 bits per heavy atom. The Kier molecular flexibility index (Phi) is 4.66. The molecule has 1 heterocycles. The molecule has 1 fully saturated rings. The van der Waals surface area contributed by atoms with Crippen molar-refractivity contribution in [2.24, 2.45) is 5.92 Å². The number of aryl methyl sites for hydroxylation is 1. The van der Waals surface area contributed by atoms with E-state index in [1.54, 1.807) is 0 Å². The normalized spacial score (nSPS) is 22.0. The molecule has 110 valence electrons. The largest absolute Gasteiger partial charge is 0.314 e. The first-order chi connectivity index (χ1) is 10.4. The molecule has 21 heavy (non-hydrogen) atoms. The molecule has 1 saturated carbocycles. The lowest BCUT2D eigenvalue weighted by atomic mass is 9.99. The lowest BCUT2D eigenvalue weighted by Gasteiger charge is -2.18. The third kappa shape index (κ3) is 3.70. The predicted molar refractivity (Wildman–Crippen MR) is 87.3 cm³/mol. The van der Waals surface area contributed by atoms with E-state index in [4.69, 9.17) is 0 Å². The van der Waals surface area contributed by atoms with E-state index < -0.39 is 0 Å². The second kappa shape index (κ2) is 6.86. The van der Waals surface area contributed by atoms with Gasteiger partial charge in [-0.1, -0.05) is 43.3 Å². The molecule has 2 nitrogen and oxygen atoms in total. The summed E-state index contributed by atoms with van der Waals surface area (Å²) in [5, 5.41) is 3.69. The van der Waals surface area contributed by atoms with Gasteiger partial charge < -0.3 is 5.32 Å². The minimum absolute atomic E-state index is 0.625. The van der Waals surface area contributed by atoms with Crippen LogP contribution >= 0.6 is 0 Å². The SMILES string of the molecule is CCNC(CCc1cccnc1)C1CC1c1ccccc1. The van der Waals surface area contributed by atoms with Gasteiger partial charge in [0.1, 0.15) is 0 Å². The lowest BCUT2D eigenvalue weighted by molar-refractivity contribution is 0.439. The maximum atomic E-state index is 4.21. The molecule has 1 N–H and O–H groups in total. The number of pyridine rings is 1. The molecule has 2 aromatic rings. The van der Waals surface area contributed by atoms with Crippen molar-refractivity contribution in [2.45, 2.75) is 38.1 Å². The number of hydrogen-bond acceptors (Lipinski definition) is 2. The van der Waals surface area contributed by atoms with Crippen LogP contribution in [0.1, 0.15) is 36.8 Å². The summed E-state index contributed by atoms with van der Waals surface area (Å²) in [7, 11) is 0. The standard InChI is InChI=1S/C19H24N2/c1-2-21-19(11-10-15-7-6-12-20-14-15)18-13-17(18)16-8-4-3-5-9-16/h3-9,12,14,17-19,21H,2,10-11,13H2,1H3. The zero-order valence-corrected chi connectivity index (χ0v) is 12.7. The van der Waals surface area contributed by atoms with Crippen molar-refractivity contribution in [2.75, 3.05) is 6.54 Å². The average molecular weight is 280 g/mol. The summed E-state index contributed by atoms with van der Waals surface area (Å²) in [6, 6.07) is 15.8. The van der Waals surface area contributed by atoms with Gasteiger partial charge in [0.15, 0.2) is 0 Å². The Morgan fingerprint density at radius 2 is 2.05 bits per heavy atom. The lowest BCUT2D eigenvalue weighted by Crippen LogP contribution is -2.32. The summed E-state index contributed by atoms with van der Waals surface area (Å²) in [6.45, 7) is 3.26. The van der Waals surface area contributed by atoms with Crippen molar-refractivity contribution < 1.29 is 0 Å². The van der Waals surface area contributed by atoms with E-state index >= 15 is 0 Å². The van der Waals surface area contributed by atoms with Gasteiger partial charge in [-0.15, -0.1) is 0 Å². The zero-order valence-electron chi connectivity index (χ0n) is 12.7. The highest BCUT2D eigenvalue weighted by molar-refractivity contribution is 5.26. The fourth-order valence-electron chi connectivity index (χ4n) is 3.34. The van der Waals surface area contributed by atoms with Crippen LogP contribution in [0.5, 0.6) is 0 Å². The maximum absolute atomic E-state index is 4.21. The number of nitrogens with zero attached hydrogens (tertiary/aromatic N) is 1. The van der Waals surface area contributed by atoms with Crippen LogP contribution in [-0.2, 0) is 6.42 Å². The first-order valence-corrected chi connectivity index (χ1v) is 8.05. The predicted octanol–water partition coefficient (Wildman–Crippen LogP) is 3.80. The van der Waals surface area contributed by atoms with Gasteiger partial charge in [0.05, 0.1) is 0 Å². The van der Waals surface area contributed by atoms with Gasteiger partial charge in [-0.05, 0) is 54.8 Å². The summed E-state index contributed by atoms with van der Waals surface area (Å²) in [5.41, 5.74) is 2.85. The highest BCUT2D eigenvalue weighted by Gasteiger charge is 2.42. The highest BCUT2D eigenvalue weighted by atomic mass is 14.9. The fraction of sp³-hybridized carbons (Fsp3) is 0.421. The third-order valence-electron chi connectivity index (χ3n) is 4.52. The van der Waals surface area contributed by atoms with Crippen LogP contribution in [-0.4, -0.2) is 17.6 Å². The second-order valence-corrected chi connectivity index (χ2v) is 5.98. The minimum atomic E-state index is 0.625. The molecule has 1 aromatic carbocycles. The van der Waals surface area contributed by atoms with Crippen LogP contribution < -0.4 is 5.32 Å². The Balaban J connectivity index is 1.58. The molecule has 0 bridgehead atoms. The number of benzene rings is 1. The van der Waals surface area contributed by atoms with E-state index in [0.717, 1.165) is 24.8 Å². The van der Waals surface area contributed by atoms with Crippen LogP contribution in [0.3, 0.4) is 0 Å². The van der Waals surface area contributed by atoms with E-state index in [1.807, 2.05) is 18.5 Å². The van der Waals surface area contributed by atoms with Gasteiger partial charge in [-0.2, -0.15) is 0 Å². The molecule has 0 saturated heterocycles. The molecule has 0 spiro atoms. The molecular formula is C19H24N2. The van der Waals surface area contributed by atoms with Gasteiger partial charge in [0.25, 0.3) is 0 Å². The summed E-state index contributed by atoms with van der Waals surface area (Å²) in [5.74, 6) is 1.55. The number of hydrogen-bond donors (Lipinski definition) is 1. The van der Waals surface area contributed by atoms with Crippen molar-refractivity contribution in [3.63, 3.8) is 0 Å². The molecule has 2 heteroatoms. The van der Waals surface area contributed by atoms with Crippen LogP contribution in [0.2, 0.25) is 0 Å². The molecule has 0 radical (unpaired) electrons. The fourth-order valence-corrected chi connectivity index (χ4v) is 3.34. The van der Waals surface area contributed by atoms with Gasteiger partial charge in [0.2, 0.25) is 0 Å². The van der Waals surface area contributed by atoms with E-state index in [9.17, 15) is 0 Å². The molecule has 3 unspecified atom stereocenters. The molecule has 1 aromatic heterocycles.